The van der Waals surface area contributed by atoms with E-state index in [0.29, 0.717) is 10.6 Å². The molecule has 0 aromatic heterocycles. The fourth-order valence-corrected chi connectivity index (χ4v) is 6.77. The van der Waals surface area contributed by atoms with Gasteiger partial charge in [0.15, 0.2) is 0 Å². The number of hydrogen-bond donors (Lipinski definition) is 2. The number of amides is 4. The van der Waals surface area contributed by atoms with E-state index in [0.717, 1.165) is 8.48 Å². The fourth-order valence-electron chi connectivity index (χ4n) is 3.33. The molecule has 0 atom stereocenters. The van der Waals surface area contributed by atoms with Crippen molar-refractivity contribution in [3.8, 4) is 0 Å². The van der Waals surface area contributed by atoms with E-state index < -0.39 is 65.5 Å². The predicted molar refractivity (Wildman–Crippen MR) is 145 cm³/mol. The predicted octanol–water partition coefficient (Wildman–Crippen LogP) is 3.65. The number of benzene rings is 1. The summed E-state index contributed by atoms with van der Waals surface area (Å²) in [6.45, 7) is 9.75. The molecule has 1 aliphatic rings. The van der Waals surface area contributed by atoms with Crippen LogP contribution >= 0.6 is 0 Å². The zero-order chi connectivity index (χ0) is 29.9. The second kappa shape index (κ2) is 11.9. The van der Waals surface area contributed by atoms with Crippen LogP contribution in [0.2, 0.25) is 14.8 Å². The van der Waals surface area contributed by atoms with Gasteiger partial charge in [-0.3, -0.25) is 0 Å². The average Bonchev–Trinajstić information content (AvgIpc) is 3.05. The summed E-state index contributed by atoms with van der Waals surface area (Å²) in [5.74, 6) is -2.68. The normalized spacial score (nSPS) is 14.1. The van der Waals surface area contributed by atoms with Gasteiger partial charge in [-0.15, -0.1) is 0 Å². The van der Waals surface area contributed by atoms with Gasteiger partial charge in [0.25, 0.3) is 0 Å². The van der Waals surface area contributed by atoms with Gasteiger partial charge in [0.1, 0.15) is 0 Å². The zero-order valence-electron chi connectivity index (χ0n) is 24.0. The number of nitrogens with one attached hydrogen (secondary N) is 2. The van der Waals surface area contributed by atoms with Gasteiger partial charge >= 0.3 is 233 Å². The first-order valence-corrected chi connectivity index (χ1v) is 22.5. The minimum absolute atomic E-state index is 0.0343. The van der Waals surface area contributed by atoms with Crippen LogP contribution in [0.1, 0.15) is 70.3 Å². The van der Waals surface area contributed by atoms with E-state index >= 15 is 0 Å². The van der Waals surface area contributed by atoms with E-state index in [-0.39, 0.29) is 24.9 Å². The molecule has 0 unspecified atom stereocenters. The number of alkyl carbamates (subject to hydrolysis) is 1. The summed E-state index contributed by atoms with van der Waals surface area (Å²) in [5.41, 5.74) is -1.19. The minimum atomic E-state index is -2.86. The van der Waals surface area contributed by atoms with Gasteiger partial charge in [0.2, 0.25) is 0 Å². The Morgan fingerprint density at radius 1 is 0.949 bits per heavy atom. The number of carbonyl (C=O) groups is 5. The Hall–Kier alpha value is -3.16. The Kier molecular flexibility index (Phi) is 9.80. The van der Waals surface area contributed by atoms with E-state index in [1.54, 1.807) is 47.6 Å². The van der Waals surface area contributed by atoms with Crippen LogP contribution in [0, 0.1) is 5.41 Å². The van der Waals surface area contributed by atoms with Crippen molar-refractivity contribution >= 4 is 57.9 Å². The molecule has 1 saturated heterocycles. The van der Waals surface area contributed by atoms with E-state index in [2.05, 4.69) is 20.1 Å². The Bertz CT molecular complexity index is 1160. The molecular formula is C26H38N4O8Sn. The van der Waals surface area contributed by atoms with E-state index in [1.165, 1.54) is 6.07 Å². The van der Waals surface area contributed by atoms with Crippen LogP contribution in [-0.2, 0) is 30.4 Å². The quantitative estimate of drug-likeness (QED) is 0.211. The van der Waals surface area contributed by atoms with E-state index in [1.807, 2.05) is 6.07 Å². The van der Waals surface area contributed by atoms with Gasteiger partial charge in [0, 0.05) is 0 Å². The molecule has 0 spiro atoms. The molecule has 1 aromatic rings. The molecule has 0 saturated carbocycles. The van der Waals surface area contributed by atoms with Crippen LogP contribution in [0.5, 0.6) is 0 Å². The van der Waals surface area contributed by atoms with Crippen LogP contribution in [0.15, 0.2) is 18.2 Å². The number of carbonyl (C=O) groups excluding carboxylic acids is 5. The van der Waals surface area contributed by atoms with Crippen molar-refractivity contribution in [2.75, 3.05) is 0 Å². The third kappa shape index (κ3) is 9.82. The van der Waals surface area contributed by atoms with Crippen molar-refractivity contribution in [3.05, 3.63) is 29.3 Å². The van der Waals surface area contributed by atoms with Crippen molar-refractivity contribution < 1.29 is 38.3 Å². The number of hydroxylamine groups is 2. The summed E-state index contributed by atoms with van der Waals surface area (Å²) in [6, 6.07) is 4.94. The molecule has 39 heavy (non-hydrogen) atoms. The molecule has 2 rings (SSSR count). The monoisotopic (exact) mass is 654 g/mol. The third-order valence-electron chi connectivity index (χ3n) is 5.12. The third-order valence-corrected chi connectivity index (χ3v) is 10.9. The van der Waals surface area contributed by atoms with Crippen LogP contribution in [0.25, 0.3) is 0 Å². The summed E-state index contributed by atoms with van der Waals surface area (Å²) in [5, 5.41) is 11.2. The van der Waals surface area contributed by atoms with Gasteiger partial charge < -0.3 is 0 Å². The number of rotatable bonds is 5. The van der Waals surface area contributed by atoms with Gasteiger partial charge in [-0.2, -0.15) is 0 Å². The number of hydrogen-bond acceptors (Lipinski definition) is 9. The summed E-state index contributed by atoms with van der Waals surface area (Å²) >= 11 is -2.86. The van der Waals surface area contributed by atoms with Gasteiger partial charge in [-0.25, -0.2) is 0 Å². The Balaban J connectivity index is 2.44. The zero-order valence-corrected chi connectivity index (χ0v) is 26.9. The second-order valence-corrected chi connectivity index (χ2v) is 26.7. The van der Waals surface area contributed by atoms with Crippen LogP contribution in [0.4, 0.5) is 9.59 Å². The Labute approximate surface area is 232 Å². The molecular weight excluding hydrogens is 615 g/mol. The van der Waals surface area contributed by atoms with Crippen molar-refractivity contribution in [3.63, 3.8) is 0 Å². The molecule has 4 amide bonds. The molecule has 214 valence electrons. The summed E-state index contributed by atoms with van der Waals surface area (Å²) in [7, 11) is 0. The topological polar surface area (TPSA) is 155 Å². The van der Waals surface area contributed by atoms with E-state index in [9.17, 15) is 24.0 Å². The average molecular weight is 653 g/mol. The SMILES string of the molecule is CC(C)(C)OC(=O)NC(=N)N(Cc1cc(C(=O)ON2C(=O)CCC2=O)c[c]([Sn]([CH3])([CH3])[CH3])c1)C(=O)OC(C)(C)C. The van der Waals surface area contributed by atoms with Crippen molar-refractivity contribution in [1.82, 2.24) is 15.3 Å². The Morgan fingerprint density at radius 3 is 1.97 bits per heavy atom. The molecule has 2 N–H and O–H groups in total. The standard InChI is InChI=1S/C23H29N4O8.3CH3.Sn/c1-22(2,3)33-20(31)25-19(24)26(21(32)34-23(4,5)6)13-14-8-7-9-15(12-14)18(30)35-27-16(28)10-11-17(27)29;;;;/h8-9,12H,10-11,13H2,1-6H3,(H2,24,25,31);3*1H3;. The summed E-state index contributed by atoms with van der Waals surface area (Å²) < 4.78 is 11.6. The van der Waals surface area contributed by atoms with Gasteiger partial charge in [-0.05, 0) is 0 Å². The molecule has 0 aliphatic carbocycles. The first kappa shape index (κ1) is 32.1. The maximum absolute atomic E-state index is 13.1. The maximum atomic E-state index is 13.1. The molecule has 1 aliphatic heterocycles. The summed E-state index contributed by atoms with van der Waals surface area (Å²) in [6.07, 6.45) is -1.89. The van der Waals surface area contributed by atoms with Gasteiger partial charge in [-0.1, -0.05) is 0 Å². The number of ether oxygens (including phenoxy) is 2. The van der Waals surface area contributed by atoms with Crippen LogP contribution in [0.3, 0.4) is 0 Å². The molecule has 0 radical (unpaired) electrons. The Morgan fingerprint density at radius 2 is 1.49 bits per heavy atom. The number of nitrogens with zero attached hydrogens (tertiary/aromatic N) is 2. The number of guanidine groups is 1. The van der Waals surface area contributed by atoms with Crippen LogP contribution < -0.4 is 8.90 Å². The molecule has 1 aromatic carbocycles. The number of imide groups is 1. The van der Waals surface area contributed by atoms with Gasteiger partial charge in [0.05, 0.1) is 0 Å². The molecule has 12 nitrogen and oxygen atoms in total. The molecule has 1 heterocycles. The first-order valence-electron chi connectivity index (χ1n) is 12.5. The van der Waals surface area contributed by atoms with E-state index in [4.69, 9.17) is 19.7 Å². The van der Waals surface area contributed by atoms with Crippen LogP contribution in [-0.4, -0.2) is 75.5 Å². The first-order chi connectivity index (χ1) is 17.7. The van der Waals surface area contributed by atoms with Crippen molar-refractivity contribution in [2.24, 2.45) is 0 Å². The summed E-state index contributed by atoms with van der Waals surface area (Å²) in [4.78, 5) is 74.6. The molecule has 0 bridgehead atoms. The second-order valence-electron chi connectivity index (χ2n) is 12.2. The fraction of sp³-hybridized carbons (Fsp3) is 0.538. The molecule has 13 heteroatoms. The molecule has 1 fully saturated rings. The van der Waals surface area contributed by atoms with Crippen molar-refractivity contribution in [2.45, 2.75) is 86.9 Å². The van der Waals surface area contributed by atoms with Crippen molar-refractivity contribution in [1.29, 1.82) is 5.41 Å².